The third-order valence-electron chi connectivity index (χ3n) is 8.45. The van der Waals surface area contributed by atoms with Crippen molar-refractivity contribution in [2.45, 2.75) is 70.2 Å². The van der Waals surface area contributed by atoms with Crippen LogP contribution in [0.15, 0.2) is 28.7 Å². The summed E-state index contributed by atoms with van der Waals surface area (Å²) in [6.45, 7) is 8.34. The number of rotatable bonds is 3. The molecule has 0 aromatic heterocycles. The van der Waals surface area contributed by atoms with E-state index in [0.29, 0.717) is 16.7 Å². The molecule has 0 aliphatic heterocycles. The summed E-state index contributed by atoms with van der Waals surface area (Å²) < 4.78 is 0. The number of fused-ring (bicyclic) bond motifs is 3. The Balaban J connectivity index is 2.10. The first-order chi connectivity index (χ1) is 17.4. The van der Waals surface area contributed by atoms with Gasteiger partial charge in [0.2, 0.25) is 5.78 Å². The SMILES string of the molecule is CC(=O)C1=C(O)[C@@H](N(C)C)[C@@H]2[C@@H](O)[C@H]3C(=C(O)[C@]2(O)C1=O)C(=O)c1c(O)c(C(C)(C)C)cc(CN)c1[C@@H]3C. The molecule has 7 N–H and O–H groups in total. The molecule has 0 spiro atoms. The molecular formula is C28H36N2O8. The third kappa shape index (κ3) is 3.44. The van der Waals surface area contributed by atoms with E-state index in [9.17, 15) is 39.9 Å². The van der Waals surface area contributed by atoms with Gasteiger partial charge in [-0.3, -0.25) is 19.3 Å². The lowest BCUT2D eigenvalue weighted by Crippen LogP contribution is -2.68. The minimum Gasteiger partial charge on any atom is -0.510 e. The van der Waals surface area contributed by atoms with Crippen LogP contribution < -0.4 is 5.73 Å². The molecule has 0 amide bonds. The molecule has 206 valence electrons. The number of aliphatic hydroxyl groups excluding tert-OH is 3. The number of aliphatic hydroxyl groups is 4. The molecule has 0 radical (unpaired) electrons. The number of hydrogen-bond acceptors (Lipinski definition) is 10. The monoisotopic (exact) mass is 528 g/mol. The van der Waals surface area contributed by atoms with Gasteiger partial charge in [0.15, 0.2) is 17.2 Å². The molecule has 4 rings (SSSR count). The molecule has 1 aromatic carbocycles. The summed E-state index contributed by atoms with van der Waals surface area (Å²) in [4.78, 5) is 41.4. The van der Waals surface area contributed by atoms with E-state index >= 15 is 0 Å². The zero-order valence-electron chi connectivity index (χ0n) is 22.7. The van der Waals surface area contributed by atoms with Crippen molar-refractivity contribution in [3.05, 3.63) is 51.0 Å². The van der Waals surface area contributed by atoms with Crippen LogP contribution in [0.5, 0.6) is 5.75 Å². The standard InChI is InChI=1S/C28H36N2O8/c1-10-14-12(9-29)8-13(27(3,4)5)21(32)17(14)22(33)18-15(10)23(34)19-20(30(6)7)24(35)16(11(2)31)25(36)28(19,38)26(18)37/h8,10,15,19-20,23,32,34-35,37-38H,9,29H2,1-7H3/t10-,15+,19+,20-,23-,28+/m0/s1. The number of carbonyl (C=O) groups excluding carboxylic acids is 3. The van der Waals surface area contributed by atoms with E-state index in [1.165, 1.54) is 19.0 Å². The summed E-state index contributed by atoms with van der Waals surface area (Å²) >= 11 is 0. The number of carbonyl (C=O) groups is 3. The van der Waals surface area contributed by atoms with Gasteiger partial charge in [-0.25, -0.2) is 0 Å². The molecule has 0 fully saturated rings. The number of nitrogens with two attached hydrogens (primary N) is 1. The Morgan fingerprint density at radius 3 is 2.21 bits per heavy atom. The summed E-state index contributed by atoms with van der Waals surface area (Å²) in [5, 5.41) is 57.3. The second kappa shape index (κ2) is 8.74. The minimum absolute atomic E-state index is 0.0365. The van der Waals surface area contributed by atoms with Gasteiger partial charge in [-0.1, -0.05) is 27.7 Å². The molecule has 1 aromatic rings. The molecule has 6 atom stereocenters. The summed E-state index contributed by atoms with van der Waals surface area (Å²) in [5.74, 6) is -8.19. The van der Waals surface area contributed by atoms with Crippen molar-refractivity contribution in [1.82, 2.24) is 4.90 Å². The normalized spacial score (nSPS) is 31.4. The molecule has 0 saturated carbocycles. The second-order valence-electron chi connectivity index (χ2n) is 11.9. The fourth-order valence-corrected chi connectivity index (χ4v) is 6.72. The molecule has 0 saturated heterocycles. The average molecular weight is 529 g/mol. The van der Waals surface area contributed by atoms with Gasteiger partial charge in [0, 0.05) is 23.6 Å². The van der Waals surface area contributed by atoms with E-state index < -0.39 is 80.9 Å². The topological polar surface area (TPSA) is 182 Å². The average Bonchev–Trinajstić information content (AvgIpc) is 2.80. The van der Waals surface area contributed by atoms with Crippen LogP contribution >= 0.6 is 0 Å². The lowest BCUT2D eigenvalue weighted by molar-refractivity contribution is -0.162. The summed E-state index contributed by atoms with van der Waals surface area (Å²) in [5.41, 5.74) is 2.86. The van der Waals surface area contributed by atoms with Gasteiger partial charge in [-0.05, 0) is 49.5 Å². The fraction of sp³-hybridized carbons (Fsp3) is 0.536. The first-order valence-electron chi connectivity index (χ1n) is 12.6. The molecular weight excluding hydrogens is 492 g/mol. The van der Waals surface area contributed by atoms with E-state index in [4.69, 9.17) is 5.73 Å². The van der Waals surface area contributed by atoms with Crippen LogP contribution in [-0.2, 0) is 21.5 Å². The van der Waals surface area contributed by atoms with Crippen molar-refractivity contribution in [2.75, 3.05) is 14.1 Å². The number of nitrogens with zero attached hydrogens (tertiary/aromatic N) is 1. The highest BCUT2D eigenvalue weighted by molar-refractivity contribution is 6.25. The Morgan fingerprint density at radius 1 is 1.16 bits per heavy atom. The van der Waals surface area contributed by atoms with E-state index in [1.54, 1.807) is 13.0 Å². The number of benzene rings is 1. The number of hydrogen-bond donors (Lipinski definition) is 6. The Kier molecular flexibility index (Phi) is 6.43. The maximum Gasteiger partial charge on any atom is 0.209 e. The molecule has 3 aliphatic rings. The van der Waals surface area contributed by atoms with Crippen molar-refractivity contribution in [3.8, 4) is 5.75 Å². The molecule has 0 heterocycles. The molecule has 10 nitrogen and oxygen atoms in total. The van der Waals surface area contributed by atoms with Crippen molar-refractivity contribution in [1.29, 1.82) is 0 Å². The highest BCUT2D eigenvalue weighted by Crippen LogP contribution is 2.56. The lowest BCUT2D eigenvalue weighted by atomic mass is 9.54. The minimum atomic E-state index is -2.87. The number of ketones is 3. The van der Waals surface area contributed by atoms with Gasteiger partial charge in [-0.2, -0.15) is 0 Å². The molecule has 10 heteroatoms. The van der Waals surface area contributed by atoms with Crippen molar-refractivity contribution in [3.63, 3.8) is 0 Å². The molecule has 0 bridgehead atoms. The van der Waals surface area contributed by atoms with Crippen LogP contribution in [0, 0.1) is 11.8 Å². The van der Waals surface area contributed by atoms with Gasteiger partial charge in [0.05, 0.1) is 23.6 Å². The maximum absolute atomic E-state index is 14.0. The zero-order valence-corrected chi connectivity index (χ0v) is 22.7. The highest BCUT2D eigenvalue weighted by atomic mass is 16.4. The predicted octanol–water partition coefficient (Wildman–Crippen LogP) is 1.51. The zero-order chi connectivity index (χ0) is 28.8. The van der Waals surface area contributed by atoms with Crippen LogP contribution in [0.3, 0.4) is 0 Å². The van der Waals surface area contributed by atoms with E-state index in [1.807, 2.05) is 20.8 Å². The van der Waals surface area contributed by atoms with E-state index in [0.717, 1.165) is 6.92 Å². The largest absolute Gasteiger partial charge is 0.510 e. The van der Waals surface area contributed by atoms with Crippen molar-refractivity contribution >= 4 is 17.3 Å². The Bertz CT molecular complexity index is 1340. The van der Waals surface area contributed by atoms with Gasteiger partial charge in [-0.15, -0.1) is 0 Å². The van der Waals surface area contributed by atoms with E-state index in [-0.39, 0.29) is 17.9 Å². The van der Waals surface area contributed by atoms with Crippen LogP contribution in [-0.4, -0.2) is 79.6 Å². The van der Waals surface area contributed by atoms with Gasteiger partial charge >= 0.3 is 0 Å². The predicted molar refractivity (Wildman–Crippen MR) is 138 cm³/mol. The van der Waals surface area contributed by atoms with Crippen LogP contribution in [0.4, 0.5) is 0 Å². The summed E-state index contributed by atoms with van der Waals surface area (Å²) in [7, 11) is 3.06. The number of aromatic hydroxyl groups is 1. The number of Topliss-reactive ketones (excluding diaryl/α,β-unsaturated/α-hetero) is 3. The smallest absolute Gasteiger partial charge is 0.209 e. The van der Waals surface area contributed by atoms with Crippen LogP contribution in [0.1, 0.15) is 67.6 Å². The third-order valence-corrected chi connectivity index (χ3v) is 8.45. The molecule has 38 heavy (non-hydrogen) atoms. The first kappa shape index (κ1) is 28.0. The molecule has 3 aliphatic carbocycles. The fourth-order valence-electron chi connectivity index (χ4n) is 6.72. The number of likely N-dealkylation sites (N-methyl/N-ethyl adjacent to an activating group) is 1. The van der Waals surface area contributed by atoms with Crippen molar-refractivity contribution in [2.24, 2.45) is 17.6 Å². The maximum atomic E-state index is 14.0. The first-order valence-corrected chi connectivity index (χ1v) is 12.6. The Labute approximate surface area is 221 Å². The van der Waals surface area contributed by atoms with Crippen molar-refractivity contribution < 1.29 is 39.9 Å². The quantitative estimate of drug-likeness (QED) is 0.315. The van der Waals surface area contributed by atoms with Crippen LogP contribution in [0.2, 0.25) is 0 Å². The second-order valence-corrected chi connectivity index (χ2v) is 11.9. The summed E-state index contributed by atoms with van der Waals surface area (Å²) in [6, 6.07) is 0.503. The van der Waals surface area contributed by atoms with Gasteiger partial charge in [0.25, 0.3) is 0 Å². The van der Waals surface area contributed by atoms with Crippen LogP contribution in [0.25, 0.3) is 0 Å². The van der Waals surface area contributed by atoms with Gasteiger partial charge in [0.1, 0.15) is 22.8 Å². The number of phenolic OH excluding ortho intramolecular Hbond substituents is 1. The molecule has 0 unspecified atom stereocenters. The van der Waals surface area contributed by atoms with E-state index in [2.05, 4.69) is 0 Å². The Hall–Kier alpha value is -3.05. The highest BCUT2D eigenvalue weighted by Gasteiger charge is 2.67. The summed E-state index contributed by atoms with van der Waals surface area (Å²) in [6.07, 6.45) is -1.61. The lowest BCUT2D eigenvalue weighted by Gasteiger charge is -2.53. The van der Waals surface area contributed by atoms with Gasteiger partial charge < -0.3 is 31.3 Å². The Morgan fingerprint density at radius 2 is 1.74 bits per heavy atom. The number of phenols is 1.